The first-order chi connectivity index (χ1) is 13.4. The van der Waals surface area contributed by atoms with Crippen molar-refractivity contribution >= 4 is 48.3 Å². The molecule has 1 atom stereocenters. The highest BCUT2D eigenvalue weighted by Crippen LogP contribution is 2.45. The van der Waals surface area contributed by atoms with E-state index >= 15 is 0 Å². The fraction of sp³-hybridized carbons (Fsp3) is 0.333. The average molecular weight is 538 g/mol. The summed E-state index contributed by atoms with van der Waals surface area (Å²) in [4.78, 5) is 17.9. The topological polar surface area (TPSA) is 86.8 Å². The molecular formula is C21H21ClIN3O2Si. The fourth-order valence-electron chi connectivity index (χ4n) is 2.58. The van der Waals surface area contributed by atoms with Gasteiger partial charge in [-0.25, -0.2) is 4.98 Å². The third-order valence-corrected chi connectivity index (χ3v) is 10.8. The number of benzene rings is 1. The lowest BCUT2D eigenvalue weighted by Crippen LogP contribution is -2.52. The van der Waals surface area contributed by atoms with E-state index in [4.69, 9.17) is 16.0 Å². The first-order valence-electron chi connectivity index (χ1n) is 8.87. The highest BCUT2D eigenvalue weighted by atomic mass is 127. The van der Waals surface area contributed by atoms with Crippen LogP contribution in [0, 0.1) is 26.2 Å². The van der Waals surface area contributed by atoms with Gasteiger partial charge in [0.2, 0.25) is 11.4 Å². The maximum Gasteiger partial charge on any atom is 0.238 e. The molecule has 0 saturated carbocycles. The molecule has 1 unspecified atom stereocenters. The van der Waals surface area contributed by atoms with Crippen LogP contribution in [-0.2, 0) is 10.0 Å². The van der Waals surface area contributed by atoms with Gasteiger partial charge in [0.25, 0.3) is 0 Å². The lowest BCUT2D eigenvalue weighted by Gasteiger charge is -2.42. The molecule has 1 heterocycles. The van der Waals surface area contributed by atoms with E-state index < -0.39 is 19.7 Å². The molecule has 0 aliphatic heterocycles. The molecule has 0 amide bonds. The van der Waals surface area contributed by atoms with Crippen molar-refractivity contribution in [2.45, 2.75) is 44.5 Å². The van der Waals surface area contributed by atoms with Gasteiger partial charge in [-0.15, -0.1) is 0 Å². The first-order valence-corrected chi connectivity index (χ1v) is 13.2. The van der Waals surface area contributed by atoms with Crippen LogP contribution in [0.3, 0.4) is 0 Å². The summed E-state index contributed by atoms with van der Waals surface area (Å²) in [6.07, 6.45) is 1.37. The standard InChI is InChI=1S/C21H21ClIN3O2Si/c1-20(2,3)29(4,5)28-21(13-25,17-14(12-24)10-11-26-19(17)22)18(27)15-8-6-7-9-16(15)23/h6-11H,1-5H3. The number of Topliss-reactive ketones (excluding diaryl/α,β-unsaturated/α-hetero) is 1. The van der Waals surface area contributed by atoms with Crippen molar-refractivity contribution in [3.05, 3.63) is 61.9 Å². The van der Waals surface area contributed by atoms with Crippen LogP contribution in [0.25, 0.3) is 0 Å². The summed E-state index contributed by atoms with van der Waals surface area (Å²) in [5.74, 6) is -0.554. The van der Waals surface area contributed by atoms with Crippen molar-refractivity contribution in [3.63, 3.8) is 0 Å². The maximum absolute atomic E-state index is 13.8. The summed E-state index contributed by atoms with van der Waals surface area (Å²) in [5, 5.41) is 19.6. The molecular weight excluding hydrogens is 517 g/mol. The van der Waals surface area contributed by atoms with E-state index in [9.17, 15) is 15.3 Å². The van der Waals surface area contributed by atoms with Gasteiger partial charge in [-0.05, 0) is 52.9 Å². The molecule has 5 nitrogen and oxygen atoms in total. The van der Waals surface area contributed by atoms with E-state index in [2.05, 4.69) is 11.1 Å². The number of hydrogen-bond acceptors (Lipinski definition) is 5. The lowest BCUT2D eigenvalue weighted by atomic mass is 9.85. The Hall–Kier alpha value is -1.78. The van der Waals surface area contributed by atoms with Crippen LogP contribution >= 0.6 is 34.2 Å². The number of halogens is 2. The van der Waals surface area contributed by atoms with E-state index in [1.807, 2.05) is 62.5 Å². The van der Waals surface area contributed by atoms with E-state index in [0.717, 1.165) is 0 Å². The van der Waals surface area contributed by atoms with Gasteiger partial charge in [0.1, 0.15) is 11.2 Å². The van der Waals surface area contributed by atoms with Crippen LogP contribution < -0.4 is 0 Å². The quantitative estimate of drug-likeness (QED) is 0.207. The molecule has 1 aromatic heterocycles. The summed E-state index contributed by atoms with van der Waals surface area (Å²) in [6, 6.07) is 12.5. The van der Waals surface area contributed by atoms with E-state index in [1.165, 1.54) is 12.3 Å². The summed E-state index contributed by atoms with van der Waals surface area (Å²) in [7, 11) is -2.66. The third-order valence-electron chi connectivity index (χ3n) is 5.19. The summed E-state index contributed by atoms with van der Waals surface area (Å²) < 4.78 is 7.14. The summed E-state index contributed by atoms with van der Waals surface area (Å²) in [6.45, 7) is 9.91. The molecule has 0 fully saturated rings. The smallest absolute Gasteiger partial charge is 0.238 e. The molecule has 0 spiro atoms. The second-order valence-electron chi connectivity index (χ2n) is 8.10. The van der Waals surface area contributed by atoms with Crippen LogP contribution in [-0.4, -0.2) is 19.1 Å². The van der Waals surface area contributed by atoms with E-state index in [0.29, 0.717) is 9.13 Å². The average Bonchev–Trinajstić information content (AvgIpc) is 2.65. The van der Waals surface area contributed by atoms with Gasteiger partial charge in [-0.1, -0.05) is 50.6 Å². The first kappa shape index (κ1) is 23.5. The molecule has 0 radical (unpaired) electrons. The minimum atomic E-state index is -2.66. The third kappa shape index (κ3) is 4.38. The Morgan fingerprint density at radius 1 is 1.21 bits per heavy atom. The molecule has 0 bridgehead atoms. The zero-order chi connectivity index (χ0) is 22.0. The second kappa shape index (κ2) is 8.53. The predicted octanol–water partition coefficient (Wildman–Crippen LogP) is 5.83. The molecule has 0 aliphatic carbocycles. The van der Waals surface area contributed by atoms with Gasteiger partial charge in [0.05, 0.1) is 17.2 Å². The van der Waals surface area contributed by atoms with Crippen LogP contribution in [0.2, 0.25) is 23.3 Å². The van der Waals surface area contributed by atoms with Crippen molar-refractivity contribution in [1.29, 1.82) is 10.5 Å². The summed E-state index contributed by atoms with van der Waals surface area (Å²) >= 11 is 8.40. The van der Waals surface area contributed by atoms with Crippen molar-refractivity contribution < 1.29 is 9.22 Å². The van der Waals surface area contributed by atoms with E-state index in [1.54, 1.807) is 24.3 Å². The molecule has 150 valence electrons. The minimum Gasteiger partial charge on any atom is -0.390 e. The van der Waals surface area contributed by atoms with Gasteiger partial charge in [0.15, 0.2) is 8.32 Å². The normalized spacial score (nSPS) is 13.8. The van der Waals surface area contributed by atoms with Crippen molar-refractivity contribution in [2.75, 3.05) is 0 Å². The SMILES string of the molecule is CC(C)(C)[Si](C)(C)OC(C#N)(C(=O)c1ccccc1I)c1c(C#N)ccnc1Cl. The van der Waals surface area contributed by atoms with Gasteiger partial charge in [-0.3, -0.25) is 4.79 Å². The largest absolute Gasteiger partial charge is 0.390 e. The number of aromatic nitrogens is 1. The van der Waals surface area contributed by atoms with Crippen molar-refractivity contribution in [1.82, 2.24) is 4.98 Å². The summed E-state index contributed by atoms with van der Waals surface area (Å²) in [5.41, 5.74) is -1.66. The Balaban J connectivity index is 2.90. The second-order valence-corrected chi connectivity index (χ2v) is 14.3. The van der Waals surface area contributed by atoms with Crippen LogP contribution in [0.5, 0.6) is 0 Å². The molecule has 2 aromatic rings. The number of nitriles is 2. The molecule has 8 heteroatoms. The predicted molar refractivity (Wildman–Crippen MR) is 123 cm³/mol. The number of nitrogens with zero attached hydrogens (tertiary/aromatic N) is 3. The lowest BCUT2D eigenvalue weighted by molar-refractivity contribution is 0.0583. The molecule has 1 aromatic carbocycles. The van der Waals surface area contributed by atoms with Crippen LogP contribution in [0.4, 0.5) is 0 Å². The molecule has 0 saturated heterocycles. The Morgan fingerprint density at radius 3 is 2.34 bits per heavy atom. The fourth-order valence-corrected chi connectivity index (χ4v) is 4.81. The molecule has 0 N–H and O–H groups in total. The van der Waals surface area contributed by atoms with Gasteiger partial charge in [0, 0.05) is 15.3 Å². The number of rotatable bonds is 5. The monoisotopic (exact) mass is 537 g/mol. The minimum absolute atomic E-state index is 0.00106. The number of pyridine rings is 1. The van der Waals surface area contributed by atoms with Crippen LogP contribution in [0.15, 0.2) is 36.5 Å². The molecule has 2 rings (SSSR count). The molecule has 0 aliphatic rings. The van der Waals surface area contributed by atoms with Gasteiger partial charge >= 0.3 is 0 Å². The zero-order valence-corrected chi connectivity index (χ0v) is 20.8. The van der Waals surface area contributed by atoms with Crippen molar-refractivity contribution in [3.8, 4) is 12.1 Å². The molecule has 29 heavy (non-hydrogen) atoms. The maximum atomic E-state index is 13.8. The highest BCUT2D eigenvalue weighted by Gasteiger charge is 2.53. The van der Waals surface area contributed by atoms with Crippen molar-refractivity contribution in [2.24, 2.45) is 0 Å². The van der Waals surface area contributed by atoms with Gasteiger partial charge < -0.3 is 4.43 Å². The zero-order valence-electron chi connectivity index (χ0n) is 16.9. The Kier molecular flexibility index (Phi) is 6.91. The Bertz CT molecular complexity index is 1040. The van der Waals surface area contributed by atoms with Gasteiger partial charge in [-0.2, -0.15) is 10.5 Å². The number of hydrogen-bond donors (Lipinski definition) is 0. The van der Waals surface area contributed by atoms with E-state index in [-0.39, 0.29) is 21.3 Å². The number of carbonyl (C=O) groups excluding carboxylic acids is 1. The van der Waals surface area contributed by atoms with Crippen LogP contribution in [0.1, 0.15) is 42.3 Å². The number of ketones is 1. The Labute approximate surface area is 190 Å². The number of carbonyl (C=O) groups is 1. The highest BCUT2D eigenvalue weighted by molar-refractivity contribution is 14.1. The Morgan fingerprint density at radius 2 is 1.83 bits per heavy atom.